The van der Waals surface area contributed by atoms with Crippen LogP contribution in [0.1, 0.15) is 32.3 Å². The lowest BCUT2D eigenvalue weighted by Crippen LogP contribution is -2.43. The third-order valence-corrected chi connectivity index (χ3v) is 5.91. The Balaban J connectivity index is 2.26. The highest BCUT2D eigenvalue weighted by molar-refractivity contribution is 7.89. The summed E-state index contributed by atoms with van der Waals surface area (Å²) in [4.78, 5) is 12.3. The molecule has 0 aliphatic carbocycles. The fraction of sp³-hybridized carbons (Fsp3) is 0.350. The van der Waals surface area contributed by atoms with Crippen molar-refractivity contribution in [2.45, 2.75) is 44.2 Å². The van der Waals surface area contributed by atoms with Crippen molar-refractivity contribution in [3.63, 3.8) is 0 Å². The minimum absolute atomic E-state index is 0.0328. The SMILES string of the molecule is CCC[C@@H](C)NC(=O)CN(Cc1ccccc1)S(=O)(=O)c1ccc(F)cc1. The van der Waals surface area contributed by atoms with Crippen molar-refractivity contribution in [3.8, 4) is 0 Å². The van der Waals surface area contributed by atoms with Gasteiger partial charge in [-0.3, -0.25) is 4.79 Å². The number of carbonyl (C=O) groups excluding carboxylic acids is 1. The summed E-state index contributed by atoms with van der Waals surface area (Å²) in [7, 11) is -3.95. The summed E-state index contributed by atoms with van der Waals surface area (Å²) in [5.74, 6) is -0.882. The number of amides is 1. The molecule has 0 aliphatic rings. The van der Waals surface area contributed by atoms with E-state index < -0.39 is 15.8 Å². The normalized spacial score (nSPS) is 12.7. The maximum Gasteiger partial charge on any atom is 0.243 e. The molecule has 0 radical (unpaired) electrons. The molecule has 27 heavy (non-hydrogen) atoms. The Labute approximate surface area is 160 Å². The number of benzene rings is 2. The van der Waals surface area contributed by atoms with E-state index in [1.54, 1.807) is 24.3 Å². The fourth-order valence-electron chi connectivity index (χ4n) is 2.75. The number of hydrogen-bond acceptors (Lipinski definition) is 3. The molecule has 0 spiro atoms. The maximum absolute atomic E-state index is 13.2. The third-order valence-electron chi connectivity index (χ3n) is 4.10. The first-order chi connectivity index (χ1) is 12.8. The minimum Gasteiger partial charge on any atom is -0.353 e. The monoisotopic (exact) mass is 392 g/mol. The first-order valence-corrected chi connectivity index (χ1v) is 10.4. The zero-order valence-electron chi connectivity index (χ0n) is 15.6. The molecule has 0 fully saturated rings. The molecule has 2 aromatic rings. The maximum atomic E-state index is 13.2. The van der Waals surface area contributed by atoms with Gasteiger partial charge in [0.25, 0.3) is 0 Å². The van der Waals surface area contributed by atoms with E-state index >= 15 is 0 Å². The number of halogens is 1. The van der Waals surface area contributed by atoms with E-state index in [1.165, 1.54) is 12.1 Å². The van der Waals surface area contributed by atoms with Gasteiger partial charge >= 0.3 is 0 Å². The zero-order chi connectivity index (χ0) is 19.9. The Bertz CT molecular complexity index is 839. The summed E-state index contributed by atoms with van der Waals surface area (Å²) >= 11 is 0. The van der Waals surface area contributed by atoms with Crippen molar-refractivity contribution < 1.29 is 17.6 Å². The number of nitrogens with one attached hydrogen (secondary N) is 1. The van der Waals surface area contributed by atoms with Gasteiger partial charge in [-0.05, 0) is 43.2 Å². The molecule has 0 bridgehead atoms. The summed E-state index contributed by atoms with van der Waals surface area (Å²) < 4.78 is 40.3. The second kappa shape index (κ2) is 9.62. The lowest BCUT2D eigenvalue weighted by atomic mass is 10.2. The molecule has 2 rings (SSSR count). The molecule has 1 atom stereocenters. The molecule has 1 N–H and O–H groups in total. The molecule has 0 saturated heterocycles. The van der Waals surface area contributed by atoms with E-state index in [1.807, 2.05) is 19.9 Å². The second-order valence-corrected chi connectivity index (χ2v) is 8.41. The Morgan fingerprint density at radius 3 is 2.33 bits per heavy atom. The van der Waals surface area contributed by atoms with Crippen LogP contribution < -0.4 is 5.32 Å². The Hall–Kier alpha value is -2.25. The highest BCUT2D eigenvalue weighted by atomic mass is 32.2. The van der Waals surface area contributed by atoms with E-state index in [0.29, 0.717) is 0 Å². The van der Waals surface area contributed by atoms with E-state index in [2.05, 4.69) is 5.32 Å². The van der Waals surface area contributed by atoms with Crippen LogP contribution in [0.2, 0.25) is 0 Å². The van der Waals surface area contributed by atoms with Crippen LogP contribution in [0.3, 0.4) is 0 Å². The molecular weight excluding hydrogens is 367 g/mol. The molecule has 0 saturated carbocycles. The van der Waals surface area contributed by atoms with Crippen molar-refractivity contribution in [2.24, 2.45) is 0 Å². The molecule has 146 valence electrons. The van der Waals surface area contributed by atoms with Crippen LogP contribution in [-0.2, 0) is 21.4 Å². The van der Waals surface area contributed by atoms with Crippen LogP contribution in [0.25, 0.3) is 0 Å². The first-order valence-electron chi connectivity index (χ1n) is 8.92. The summed E-state index contributed by atoms with van der Waals surface area (Å²) in [6.45, 7) is 3.65. The molecule has 2 aromatic carbocycles. The van der Waals surface area contributed by atoms with Gasteiger partial charge in [0.1, 0.15) is 5.82 Å². The number of hydrogen-bond donors (Lipinski definition) is 1. The third kappa shape index (κ3) is 6.15. The molecule has 0 aromatic heterocycles. The van der Waals surface area contributed by atoms with Crippen LogP contribution in [0.15, 0.2) is 59.5 Å². The van der Waals surface area contributed by atoms with Gasteiger partial charge < -0.3 is 5.32 Å². The van der Waals surface area contributed by atoms with Gasteiger partial charge in [-0.2, -0.15) is 4.31 Å². The molecule has 0 unspecified atom stereocenters. The van der Waals surface area contributed by atoms with E-state index in [-0.39, 0.29) is 29.9 Å². The summed E-state index contributed by atoms with van der Waals surface area (Å²) in [6.07, 6.45) is 1.73. The minimum atomic E-state index is -3.95. The summed E-state index contributed by atoms with van der Waals surface area (Å²) in [5, 5.41) is 2.82. The van der Waals surface area contributed by atoms with E-state index in [0.717, 1.165) is 34.8 Å². The van der Waals surface area contributed by atoms with Crippen LogP contribution in [0.4, 0.5) is 4.39 Å². The molecule has 7 heteroatoms. The van der Waals surface area contributed by atoms with Gasteiger partial charge in [-0.25, -0.2) is 12.8 Å². The van der Waals surface area contributed by atoms with Gasteiger partial charge in [-0.15, -0.1) is 0 Å². The first kappa shape index (κ1) is 21.1. The van der Waals surface area contributed by atoms with Crippen LogP contribution >= 0.6 is 0 Å². The smallest absolute Gasteiger partial charge is 0.243 e. The standard InChI is InChI=1S/C20H25FN2O3S/c1-3-7-16(2)22-20(24)15-23(14-17-8-5-4-6-9-17)27(25,26)19-12-10-18(21)11-13-19/h4-6,8-13,16H,3,7,14-15H2,1-2H3,(H,22,24)/t16-/m1/s1. The van der Waals surface area contributed by atoms with Gasteiger partial charge in [0.05, 0.1) is 11.4 Å². The zero-order valence-corrected chi connectivity index (χ0v) is 16.4. The summed E-state index contributed by atoms with van der Waals surface area (Å²) in [6, 6.07) is 13.6. The molecule has 0 heterocycles. The van der Waals surface area contributed by atoms with Gasteiger partial charge in [-0.1, -0.05) is 43.7 Å². The number of sulfonamides is 1. The molecule has 1 amide bonds. The molecular formula is C20H25FN2O3S. The quantitative estimate of drug-likeness (QED) is 0.712. The van der Waals surface area contributed by atoms with Crippen molar-refractivity contribution >= 4 is 15.9 Å². The number of carbonyl (C=O) groups is 1. The van der Waals surface area contributed by atoms with Crippen molar-refractivity contribution in [2.75, 3.05) is 6.54 Å². The molecule has 0 aliphatic heterocycles. The predicted molar refractivity (Wildman–Crippen MR) is 103 cm³/mol. The number of rotatable bonds is 9. The Morgan fingerprint density at radius 2 is 1.74 bits per heavy atom. The lowest BCUT2D eigenvalue weighted by Gasteiger charge is -2.23. The summed E-state index contributed by atoms with van der Waals surface area (Å²) in [5.41, 5.74) is 0.762. The lowest BCUT2D eigenvalue weighted by molar-refractivity contribution is -0.122. The van der Waals surface area contributed by atoms with Gasteiger partial charge in [0.15, 0.2) is 0 Å². The average molecular weight is 392 g/mol. The fourth-order valence-corrected chi connectivity index (χ4v) is 4.14. The predicted octanol–water partition coefficient (Wildman–Crippen LogP) is 3.32. The molecule has 5 nitrogen and oxygen atoms in total. The van der Waals surface area contributed by atoms with Crippen molar-refractivity contribution in [1.29, 1.82) is 0 Å². The highest BCUT2D eigenvalue weighted by Gasteiger charge is 2.27. The Kier molecular flexibility index (Phi) is 7.50. The average Bonchev–Trinajstić information content (AvgIpc) is 2.62. The van der Waals surface area contributed by atoms with Gasteiger partial charge in [0, 0.05) is 12.6 Å². The van der Waals surface area contributed by atoms with Gasteiger partial charge in [0.2, 0.25) is 15.9 Å². The van der Waals surface area contributed by atoms with Crippen LogP contribution in [-0.4, -0.2) is 31.2 Å². The van der Waals surface area contributed by atoms with Crippen LogP contribution in [0, 0.1) is 5.82 Å². The van der Waals surface area contributed by atoms with E-state index in [4.69, 9.17) is 0 Å². The van der Waals surface area contributed by atoms with E-state index in [9.17, 15) is 17.6 Å². The topological polar surface area (TPSA) is 66.5 Å². The van der Waals surface area contributed by atoms with Crippen LogP contribution in [0.5, 0.6) is 0 Å². The largest absolute Gasteiger partial charge is 0.353 e. The Morgan fingerprint density at radius 1 is 1.11 bits per heavy atom. The van der Waals surface area contributed by atoms with Crippen molar-refractivity contribution in [1.82, 2.24) is 9.62 Å². The highest BCUT2D eigenvalue weighted by Crippen LogP contribution is 2.19. The second-order valence-electron chi connectivity index (χ2n) is 6.47. The number of nitrogens with zero attached hydrogens (tertiary/aromatic N) is 1. The van der Waals surface area contributed by atoms with Crippen molar-refractivity contribution in [3.05, 3.63) is 66.0 Å².